The second-order valence-corrected chi connectivity index (χ2v) is 5.30. The molecule has 1 unspecified atom stereocenters. The van der Waals surface area contributed by atoms with Crippen molar-refractivity contribution in [1.29, 1.82) is 0 Å². The molecule has 1 aliphatic heterocycles. The monoisotopic (exact) mass is 273 g/mol. The number of hydrogen-bond acceptors (Lipinski definition) is 3. The van der Waals surface area contributed by atoms with Gasteiger partial charge in [-0.05, 0) is 31.4 Å². The zero-order chi connectivity index (χ0) is 13.4. The van der Waals surface area contributed by atoms with Gasteiger partial charge in [0.15, 0.2) is 0 Å². The van der Waals surface area contributed by atoms with Crippen LogP contribution in [0.3, 0.4) is 0 Å². The number of nitrogens with zero attached hydrogens (tertiary/aromatic N) is 3. The van der Waals surface area contributed by atoms with Crippen molar-refractivity contribution in [3.63, 3.8) is 0 Å². The Balaban J connectivity index is 1.99. The Labute approximate surface area is 118 Å². The lowest BCUT2D eigenvalue weighted by atomic mass is 9.94. The maximum Gasteiger partial charge on any atom is 0.134 e. The largest absolute Gasteiger partial charge is 0.349 e. The third-order valence-electron chi connectivity index (χ3n) is 3.68. The topological polar surface area (TPSA) is 29.0 Å². The molecule has 19 heavy (non-hydrogen) atoms. The lowest BCUT2D eigenvalue weighted by Gasteiger charge is -2.36. The fourth-order valence-electron chi connectivity index (χ4n) is 2.75. The zero-order valence-electron chi connectivity index (χ0n) is 11.1. The number of halogens is 1. The van der Waals surface area contributed by atoms with Crippen molar-refractivity contribution in [2.24, 2.45) is 0 Å². The van der Waals surface area contributed by atoms with Gasteiger partial charge >= 0.3 is 0 Å². The van der Waals surface area contributed by atoms with Crippen molar-refractivity contribution in [3.05, 3.63) is 52.4 Å². The highest BCUT2D eigenvalue weighted by Gasteiger charge is 2.24. The van der Waals surface area contributed by atoms with Gasteiger partial charge in [-0.1, -0.05) is 35.9 Å². The van der Waals surface area contributed by atoms with E-state index in [1.807, 2.05) is 13.0 Å². The second-order valence-electron chi connectivity index (χ2n) is 4.91. The predicted octanol–water partition coefficient (Wildman–Crippen LogP) is 3.56. The first-order valence-electron chi connectivity index (χ1n) is 6.51. The van der Waals surface area contributed by atoms with Gasteiger partial charge in [0, 0.05) is 12.6 Å². The molecular weight excluding hydrogens is 258 g/mol. The molecule has 0 saturated carbocycles. The first-order valence-corrected chi connectivity index (χ1v) is 6.88. The quantitative estimate of drug-likeness (QED) is 0.744. The molecule has 1 aromatic heterocycles. The van der Waals surface area contributed by atoms with E-state index < -0.39 is 0 Å². The van der Waals surface area contributed by atoms with Gasteiger partial charge in [0.1, 0.15) is 16.8 Å². The van der Waals surface area contributed by atoms with Gasteiger partial charge < -0.3 is 4.90 Å². The molecular formula is C15H16ClN3. The number of aromatic nitrogens is 2. The summed E-state index contributed by atoms with van der Waals surface area (Å²) in [5, 5.41) is 0.508. The molecule has 2 heterocycles. The van der Waals surface area contributed by atoms with Gasteiger partial charge in [0.2, 0.25) is 0 Å². The fraction of sp³-hybridized carbons (Fsp3) is 0.333. The molecule has 2 aromatic rings. The summed E-state index contributed by atoms with van der Waals surface area (Å²) in [5.74, 6) is 1.63. The molecule has 3 nitrogen and oxygen atoms in total. The smallest absolute Gasteiger partial charge is 0.134 e. The minimum Gasteiger partial charge on any atom is -0.349 e. The molecule has 1 aromatic carbocycles. The van der Waals surface area contributed by atoms with Crippen LogP contribution in [0.2, 0.25) is 5.15 Å². The summed E-state index contributed by atoms with van der Waals surface area (Å²) in [6.45, 7) is 5.05. The minimum atomic E-state index is 0.315. The van der Waals surface area contributed by atoms with Crippen LogP contribution in [0.5, 0.6) is 0 Å². The molecule has 0 aliphatic carbocycles. The summed E-state index contributed by atoms with van der Waals surface area (Å²) in [6.07, 6.45) is 1.04. The van der Waals surface area contributed by atoms with E-state index in [1.54, 1.807) is 0 Å². The van der Waals surface area contributed by atoms with Gasteiger partial charge in [-0.15, -0.1) is 0 Å². The standard InChI is InChI=1S/C15H16ClN3/c1-10-13-6-4-3-5-12(13)7-8-19(10)15-9-14(16)17-11(2)18-15/h3-6,9-10H,7-8H2,1-2H3. The van der Waals surface area contributed by atoms with E-state index in [0.29, 0.717) is 17.0 Å². The molecule has 0 amide bonds. The summed E-state index contributed by atoms with van der Waals surface area (Å²) < 4.78 is 0. The van der Waals surface area contributed by atoms with Crippen LogP contribution in [0.15, 0.2) is 30.3 Å². The lowest BCUT2D eigenvalue weighted by Crippen LogP contribution is -2.34. The Morgan fingerprint density at radius 3 is 2.84 bits per heavy atom. The highest BCUT2D eigenvalue weighted by atomic mass is 35.5. The van der Waals surface area contributed by atoms with Crippen molar-refractivity contribution in [2.75, 3.05) is 11.4 Å². The maximum atomic E-state index is 6.04. The molecule has 0 saturated heterocycles. The van der Waals surface area contributed by atoms with Crippen LogP contribution in [0.4, 0.5) is 5.82 Å². The molecule has 0 bridgehead atoms. The number of fused-ring (bicyclic) bond motifs is 1. The van der Waals surface area contributed by atoms with Gasteiger partial charge in [-0.3, -0.25) is 0 Å². The van der Waals surface area contributed by atoms with E-state index in [0.717, 1.165) is 18.8 Å². The Morgan fingerprint density at radius 2 is 2.05 bits per heavy atom. The van der Waals surface area contributed by atoms with Gasteiger partial charge in [0.05, 0.1) is 6.04 Å². The third-order valence-corrected chi connectivity index (χ3v) is 3.88. The Bertz CT molecular complexity index is 592. The number of anilines is 1. The van der Waals surface area contributed by atoms with Crippen LogP contribution in [-0.2, 0) is 6.42 Å². The maximum absolute atomic E-state index is 6.04. The zero-order valence-corrected chi connectivity index (χ0v) is 11.9. The van der Waals surface area contributed by atoms with Crippen LogP contribution in [0, 0.1) is 6.92 Å². The summed E-state index contributed by atoms with van der Waals surface area (Å²) in [5.41, 5.74) is 2.81. The van der Waals surface area contributed by atoms with Gasteiger partial charge in [0.25, 0.3) is 0 Å². The SMILES string of the molecule is Cc1nc(Cl)cc(N2CCc3ccccc3C2C)n1. The number of hydrogen-bond donors (Lipinski definition) is 0. The van der Waals surface area contributed by atoms with E-state index in [4.69, 9.17) is 11.6 Å². The van der Waals surface area contributed by atoms with Crippen molar-refractivity contribution in [1.82, 2.24) is 9.97 Å². The van der Waals surface area contributed by atoms with E-state index in [-0.39, 0.29) is 0 Å². The van der Waals surface area contributed by atoms with E-state index in [9.17, 15) is 0 Å². The molecule has 0 radical (unpaired) electrons. The van der Waals surface area contributed by atoms with E-state index >= 15 is 0 Å². The molecule has 0 N–H and O–H groups in total. The van der Waals surface area contributed by atoms with Crippen LogP contribution < -0.4 is 4.90 Å². The Hall–Kier alpha value is -1.61. The van der Waals surface area contributed by atoms with E-state index in [1.165, 1.54) is 11.1 Å². The van der Waals surface area contributed by atoms with Crippen molar-refractivity contribution in [2.45, 2.75) is 26.3 Å². The van der Waals surface area contributed by atoms with Crippen molar-refractivity contribution in [3.8, 4) is 0 Å². The molecule has 1 aliphatic rings. The number of aryl methyl sites for hydroxylation is 1. The Morgan fingerprint density at radius 1 is 1.26 bits per heavy atom. The van der Waals surface area contributed by atoms with Crippen LogP contribution >= 0.6 is 11.6 Å². The van der Waals surface area contributed by atoms with Crippen LogP contribution in [0.1, 0.15) is 29.9 Å². The van der Waals surface area contributed by atoms with Crippen molar-refractivity contribution >= 4 is 17.4 Å². The average molecular weight is 274 g/mol. The summed E-state index contributed by atoms with van der Waals surface area (Å²) in [7, 11) is 0. The third kappa shape index (κ3) is 2.30. The first kappa shape index (κ1) is 12.4. The molecule has 0 fully saturated rings. The number of rotatable bonds is 1. The predicted molar refractivity (Wildman–Crippen MR) is 77.7 cm³/mol. The van der Waals surface area contributed by atoms with Gasteiger partial charge in [-0.25, -0.2) is 9.97 Å². The molecule has 3 rings (SSSR count). The van der Waals surface area contributed by atoms with Crippen LogP contribution in [0.25, 0.3) is 0 Å². The lowest BCUT2D eigenvalue weighted by molar-refractivity contribution is 0.615. The minimum absolute atomic E-state index is 0.315. The Kier molecular flexibility index (Phi) is 3.15. The summed E-state index contributed by atoms with van der Waals surface area (Å²) >= 11 is 6.04. The van der Waals surface area contributed by atoms with Crippen LogP contribution in [-0.4, -0.2) is 16.5 Å². The highest BCUT2D eigenvalue weighted by Crippen LogP contribution is 2.32. The normalized spacial score (nSPS) is 18.3. The summed E-state index contributed by atoms with van der Waals surface area (Å²) in [6, 6.07) is 10.8. The number of benzene rings is 1. The van der Waals surface area contributed by atoms with Gasteiger partial charge in [-0.2, -0.15) is 0 Å². The average Bonchev–Trinajstić information content (AvgIpc) is 2.38. The summed E-state index contributed by atoms with van der Waals surface area (Å²) in [4.78, 5) is 10.9. The molecule has 0 spiro atoms. The second kappa shape index (κ2) is 4.82. The highest BCUT2D eigenvalue weighted by molar-refractivity contribution is 6.29. The molecule has 98 valence electrons. The molecule has 1 atom stereocenters. The first-order chi connectivity index (χ1) is 9.15. The van der Waals surface area contributed by atoms with E-state index in [2.05, 4.69) is 46.1 Å². The fourth-order valence-corrected chi connectivity index (χ4v) is 2.97. The molecule has 4 heteroatoms. The van der Waals surface area contributed by atoms with Crippen molar-refractivity contribution < 1.29 is 0 Å².